The largest absolute Gasteiger partial charge is 0.456 e. The molecular formula is C17H14N4O2S. The Hall–Kier alpha value is -2.80. The van der Waals surface area contributed by atoms with E-state index in [9.17, 15) is 4.79 Å². The van der Waals surface area contributed by atoms with Gasteiger partial charge < -0.3 is 14.3 Å². The van der Waals surface area contributed by atoms with E-state index in [0.29, 0.717) is 5.16 Å². The van der Waals surface area contributed by atoms with Gasteiger partial charge in [-0.1, -0.05) is 30.0 Å². The molecule has 1 N–H and O–H groups in total. The molecule has 2 aromatic carbocycles. The second kappa shape index (κ2) is 6.01. The van der Waals surface area contributed by atoms with Gasteiger partial charge in [0.1, 0.15) is 17.5 Å². The van der Waals surface area contributed by atoms with Gasteiger partial charge in [0.15, 0.2) is 5.16 Å². The van der Waals surface area contributed by atoms with Gasteiger partial charge in [0.25, 0.3) is 0 Å². The number of rotatable bonds is 4. The Labute approximate surface area is 141 Å². The first-order chi connectivity index (χ1) is 11.7. The number of hydrogen-bond donors (Lipinski definition) is 1. The summed E-state index contributed by atoms with van der Waals surface area (Å²) >= 11 is 1.35. The second-order valence-electron chi connectivity index (χ2n) is 5.37. The standard InChI is InChI=1S/C17H14N4O2S/c1-21-10-18-20-17(21)24-9-16(22)19-11-6-7-15-13(8-11)12-4-2-3-5-14(12)23-15/h2-8,10H,9H2,1H3,(H,19,22). The minimum atomic E-state index is -0.0878. The van der Waals surface area contributed by atoms with Crippen molar-refractivity contribution < 1.29 is 9.21 Å². The highest BCUT2D eigenvalue weighted by molar-refractivity contribution is 7.99. The number of hydrogen-bond acceptors (Lipinski definition) is 5. The van der Waals surface area contributed by atoms with E-state index >= 15 is 0 Å². The molecule has 1 amide bonds. The molecule has 7 heteroatoms. The van der Waals surface area contributed by atoms with Crippen LogP contribution in [-0.4, -0.2) is 26.4 Å². The van der Waals surface area contributed by atoms with Crippen molar-refractivity contribution >= 4 is 45.3 Å². The number of fused-ring (bicyclic) bond motifs is 3. The van der Waals surface area contributed by atoms with Crippen molar-refractivity contribution in [3.05, 3.63) is 48.8 Å². The molecule has 4 rings (SSSR count). The van der Waals surface area contributed by atoms with Crippen molar-refractivity contribution in [2.24, 2.45) is 7.05 Å². The van der Waals surface area contributed by atoms with E-state index in [-0.39, 0.29) is 11.7 Å². The molecule has 0 spiro atoms. The van der Waals surface area contributed by atoms with E-state index in [1.54, 1.807) is 10.9 Å². The molecule has 0 aliphatic rings. The number of carbonyl (C=O) groups is 1. The number of anilines is 1. The van der Waals surface area contributed by atoms with Crippen LogP contribution >= 0.6 is 11.8 Å². The number of thioether (sulfide) groups is 1. The summed E-state index contributed by atoms with van der Waals surface area (Å²) in [4.78, 5) is 12.1. The molecule has 0 aliphatic heterocycles. The minimum absolute atomic E-state index is 0.0878. The van der Waals surface area contributed by atoms with Gasteiger partial charge in [-0.25, -0.2) is 0 Å². The van der Waals surface area contributed by atoms with E-state index in [1.807, 2.05) is 49.5 Å². The fourth-order valence-electron chi connectivity index (χ4n) is 2.53. The molecule has 0 fully saturated rings. The lowest BCUT2D eigenvalue weighted by atomic mass is 10.1. The van der Waals surface area contributed by atoms with Crippen molar-refractivity contribution in [3.63, 3.8) is 0 Å². The molecule has 24 heavy (non-hydrogen) atoms. The van der Waals surface area contributed by atoms with Crippen LogP contribution in [0.25, 0.3) is 21.9 Å². The highest BCUT2D eigenvalue weighted by Crippen LogP contribution is 2.30. The molecule has 6 nitrogen and oxygen atoms in total. The lowest BCUT2D eigenvalue weighted by Gasteiger charge is -2.05. The normalized spacial score (nSPS) is 11.2. The summed E-state index contributed by atoms with van der Waals surface area (Å²) in [5.74, 6) is 0.187. The van der Waals surface area contributed by atoms with Crippen molar-refractivity contribution in [1.29, 1.82) is 0 Å². The first-order valence-corrected chi connectivity index (χ1v) is 8.37. The Morgan fingerprint density at radius 2 is 2.04 bits per heavy atom. The fraction of sp³-hybridized carbons (Fsp3) is 0.118. The molecule has 4 aromatic rings. The summed E-state index contributed by atoms with van der Waals surface area (Å²) in [6, 6.07) is 13.5. The van der Waals surface area contributed by atoms with Crippen LogP contribution in [0.2, 0.25) is 0 Å². The molecule has 0 radical (unpaired) electrons. The molecule has 0 atom stereocenters. The summed E-state index contributed by atoms with van der Waals surface area (Å²) in [7, 11) is 1.85. The second-order valence-corrected chi connectivity index (χ2v) is 6.31. The van der Waals surface area contributed by atoms with Crippen LogP contribution in [0.5, 0.6) is 0 Å². The zero-order chi connectivity index (χ0) is 16.5. The third-order valence-corrected chi connectivity index (χ3v) is 4.70. The van der Waals surface area contributed by atoms with Gasteiger partial charge in [0.05, 0.1) is 5.75 Å². The zero-order valence-corrected chi connectivity index (χ0v) is 13.7. The van der Waals surface area contributed by atoms with Gasteiger partial charge in [-0.3, -0.25) is 4.79 Å². The maximum absolute atomic E-state index is 12.1. The van der Waals surface area contributed by atoms with Crippen molar-refractivity contribution in [2.45, 2.75) is 5.16 Å². The van der Waals surface area contributed by atoms with Gasteiger partial charge in [0, 0.05) is 23.5 Å². The van der Waals surface area contributed by atoms with Crippen LogP contribution in [-0.2, 0) is 11.8 Å². The third kappa shape index (κ3) is 2.74. The maximum Gasteiger partial charge on any atom is 0.234 e. The van der Waals surface area contributed by atoms with E-state index in [1.165, 1.54) is 11.8 Å². The monoisotopic (exact) mass is 338 g/mol. The number of para-hydroxylation sites is 1. The average molecular weight is 338 g/mol. The molecule has 0 saturated heterocycles. The number of benzene rings is 2. The van der Waals surface area contributed by atoms with Gasteiger partial charge in [-0.15, -0.1) is 10.2 Å². The van der Waals surface area contributed by atoms with Crippen LogP contribution in [0.15, 0.2) is 58.4 Å². The highest BCUT2D eigenvalue weighted by atomic mass is 32.2. The Kier molecular flexibility index (Phi) is 3.70. The number of nitrogens with one attached hydrogen (secondary N) is 1. The highest BCUT2D eigenvalue weighted by Gasteiger charge is 2.10. The van der Waals surface area contributed by atoms with E-state index < -0.39 is 0 Å². The number of nitrogens with zero attached hydrogens (tertiary/aromatic N) is 3. The molecule has 120 valence electrons. The van der Waals surface area contributed by atoms with Gasteiger partial charge in [-0.05, 0) is 24.3 Å². The summed E-state index contributed by atoms with van der Waals surface area (Å²) in [5, 5.41) is 13.4. The Morgan fingerprint density at radius 1 is 1.21 bits per heavy atom. The van der Waals surface area contributed by atoms with Gasteiger partial charge in [-0.2, -0.15) is 0 Å². The van der Waals surface area contributed by atoms with E-state index in [4.69, 9.17) is 4.42 Å². The number of furan rings is 1. The molecule has 0 bridgehead atoms. The first-order valence-electron chi connectivity index (χ1n) is 7.38. The van der Waals surface area contributed by atoms with Gasteiger partial charge in [0.2, 0.25) is 5.91 Å². The van der Waals surface area contributed by atoms with Crippen LogP contribution < -0.4 is 5.32 Å². The molecule has 0 unspecified atom stereocenters. The molecule has 0 saturated carbocycles. The number of aryl methyl sites for hydroxylation is 1. The smallest absolute Gasteiger partial charge is 0.234 e. The predicted molar refractivity (Wildman–Crippen MR) is 94.1 cm³/mol. The third-order valence-electron chi connectivity index (χ3n) is 3.66. The Balaban J connectivity index is 1.52. The van der Waals surface area contributed by atoms with Crippen LogP contribution in [0.3, 0.4) is 0 Å². The van der Waals surface area contributed by atoms with Crippen molar-refractivity contribution in [3.8, 4) is 0 Å². The lowest BCUT2D eigenvalue weighted by Crippen LogP contribution is -2.14. The SMILES string of the molecule is Cn1cnnc1SCC(=O)Nc1ccc2oc3ccccc3c2c1. The van der Waals surface area contributed by atoms with Crippen LogP contribution in [0.1, 0.15) is 0 Å². The summed E-state index contributed by atoms with van der Waals surface area (Å²) in [5.41, 5.74) is 2.40. The fourth-order valence-corrected chi connectivity index (χ4v) is 3.22. The summed E-state index contributed by atoms with van der Waals surface area (Å²) in [6.45, 7) is 0. The first kappa shape index (κ1) is 14.8. The average Bonchev–Trinajstić information content (AvgIpc) is 3.16. The molecule has 2 heterocycles. The number of amides is 1. The molecule has 0 aliphatic carbocycles. The number of aromatic nitrogens is 3. The van der Waals surface area contributed by atoms with Gasteiger partial charge >= 0.3 is 0 Å². The Bertz CT molecular complexity index is 1040. The van der Waals surface area contributed by atoms with E-state index in [2.05, 4.69) is 15.5 Å². The Morgan fingerprint density at radius 3 is 2.88 bits per heavy atom. The number of carbonyl (C=O) groups excluding carboxylic acids is 1. The summed E-state index contributed by atoms with van der Waals surface area (Å²) < 4.78 is 7.57. The molecular weight excluding hydrogens is 324 g/mol. The van der Waals surface area contributed by atoms with Crippen LogP contribution in [0, 0.1) is 0 Å². The topological polar surface area (TPSA) is 73.0 Å². The molecule has 2 aromatic heterocycles. The minimum Gasteiger partial charge on any atom is -0.456 e. The van der Waals surface area contributed by atoms with E-state index in [0.717, 1.165) is 27.6 Å². The lowest BCUT2D eigenvalue weighted by molar-refractivity contribution is -0.113. The maximum atomic E-state index is 12.1. The summed E-state index contributed by atoms with van der Waals surface area (Å²) in [6.07, 6.45) is 1.61. The van der Waals surface area contributed by atoms with Crippen molar-refractivity contribution in [2.75, 3.05) is 11.1 Å². The predicted octanol–water partition coefficient (Wildman–Crippen LogP) is 3.45. The van der Waals surface area contributed by atoms with Crippen molar-refractivity contribution in [1.82, 2.24) is 14.8 Å². The van der Waals surface area contributed by atoms with Crippen LogP contribution in [0.4, 0.5) is 5.69 Å². The quantitative estimate of drug-likeness (QED) is 0.577. The zero-order valence-electron chi connectivity index (χ0n) is 12.9.